The zero-order chi connectivity index (χ0) is 11.5. The molecule has 1 aliphatic rings. The summed E-state index contributed by atoms with van der Waals surface area (Å²) in [5.74, 6) is -0.0139. The summed E-state index contributed by atoms with van der Waals surface area (Å²) in [4.78, 5) is 24.5. The fraction of sp³-hybridized carbons (Fsp3) is 0.273. The molecule has 84 valence electrons. The second-order valence-corrected chi connectivity index (χ2v) is 4.51. The van der Waals surface area contributed by atoms with Crippen LogP contribution in [-0.2, 0) is 0 Å². The molecule has 0 unspecified atom stereocenters. The van der Waals surface area contributed by atoms with Crippen molar-refractivity contribution in [2.75, 3.05) is 18.2 Å². The quantitative estimate of drug-likeness (QED) is 0.538. The van der Waals surface area contributed by atoms with Crippen molar-refractivity contribution < 1.29 is 44.3 Å². The number of amides is 1. The molecule has 17 heavy (non-hydrogen) atoms. The Labute approximate surface area is 126 Å². The van der Waals surface area contributed by atoms with Crippen molar-refractivity contribution in [1.29, 1.82) is 0 Å². The molecule has 4 nitrogen and oxygen atoms in total. The van der Waals surface area contributed by atoms with Gasteiger partial charge >= 0.3 is 29.6 Å². The van der Waals surface area contributed by atoms with Gasteiger partial charge in [-0.15, -0.1) is 11.8 Å². The summed E-state index contributed by atoms with van der Waals surface area (Å²) >= 11 is 1.66. The molecule has 1 heterocycles. The van der Waals surface area contributed by atoms with Gasteiger partial charge in [0.2, 0.25) is 0 Å². The SMILES string of the molecule is O=C([O-])c1ccccc1C(=O)N1CCSC1.[Na+]. The minimum atomic E-state index is -1.31. The number of nitrogens with zero attached hydrogens (tertiary/aromatic N) is 1. The van der Waals surface area contributed by atoms with Crippen LogP contribution in [0.4, 0.5) is 0 Å². The zero-order valence-electron chi connectivity index (χ0n) is 9.51. The Balaban J connectivity index is 0.00000144. The van der Waals surface area contributed by atoms with Crippen LogP contribution in [0.5, 0.6) is 0 Å². The van der Waals surface area contributed by atoms with Crippen LogP contribution in [0, 0.1) is 0 Å². The third-order valence-electron chi connectivity index (χ3n) is 2.42. The first-order chi connectivity index (χ1) is 7.70. The van der Waals surface area contributed by atoms with E-state index in [1.807, 2.05) is 0 Å². The van der Waals surface area contributed by atoms with Crippen LogP contribution in [0.3, 0.4) is 0 Å². The number of carbonyl (C=O) groups excluding carboxylic acids is 2. The monoisotopic (exact) mass is 259 g/mol. The molecule has 0 atom stereocenters. The van der Waals surface area contributed by atoms with Crippen LogP contribution in [0.15, 0.2) is 24.3 Å². The third-order valence-corrected chi connectivity index (χ3v) is 3.38. The fourth-order valence-corrected chi connectivity index (χ4v) is 2.54. The largest absolute Gasteiger partial charge is 1.00 e. The van der Waals surface area contributed by atoms with Crippen molar-refractivity contribution in [2.24, 2.45) is 0 Å². The van der Waals surface area contributed by atoms with E-state index in [1.54, 1.807) is 28.8 Å². The zero-order valence-corrected chi connectivity index (χ0v) is 12.3. The molecule has 1 aromatic carbocycles. The molecule has 0 N–H and O–H groups in total. The maximum Gasteiger partial charge on any atom is 1.00 e. The molecule has 6 heteroatoms. The van der Waals surface area contributed by atoms with E-state index < -0.39 is 5.97 Å². The van der Waals surface area contributed by atoms with Crippen LogP contribution in [0.25, 0.3) is 0 Å². The molecule has 1 fully saturated rings. The van der Waals surface area contributed by atoms with Crippen molar-refractivity contribution in [3.05, 3.63) is 35.4 Å². The Bertz CT molecular complexity index is 432. The number of hydrogen-bond donors (Lipinski definition) is 0. The van der Waals surface area contributed by atoms with E-state index in [9.17, 15) is 14.7 Å². The summed E-state index contributed by atoms with van der Waals surface area (Å²) in [6, 6.07) is 6.16. The number of carboxylic acids is 1. The summed E-state index contributed by atoms with van der Waals surface area (Å²) in [7, 11) is 0. The molecule has 0 bridgehead atoms. The van der Waals surface area contributed by atoms with Crippen LogP contribution >= 0.6 is 11.8 Å². The summed E-state index contributed by atoms with van der Waals surface area (Å²) in [6.45, 7) is 0.672. The Kier molecular flexibility index (Phi) is 5.52. The Hall–Kier alpha value is -0.490. The Morgan fingerprint density at radius 3 is 2.41 bits per heavy atom. The van der Waals surface area contributed by atoms with Gasteiger partial charge in [-0.3, -0.25) is 4.79 Å². The van der Waals surface area contributed by atoms with E-state index in [2.05, 4.69) is 0 Å². The fourth-order valence-electron chi connectivity index (χ4n) is 1.59. The minimum Gasteiger partial charge on any atom is -0.545 e. The van der Waals surface area contributed by atoms with Gasteiger partial charge in [0.15, 0.2) is 0 Å². The van der Waals surface area contributed by atoms with E-state index in [4.69, 9.17) is 0 Å². The van der Waals surface area contributed by atoms with Gasteiger partial charge in [0.05, 0.1) is 11.8 Å². The predicted molar refractivity (Wildman–Crippen MR) is 59.1 cm³/mol. The van der Waals surface area contributed by atoms with Crippen molar-refractivity contribution >= 4 is 23.6 Å². The number of benzene rings is 1. The van der Waals surface area contributed by atoms with E-state index in [0.717, 1.165) is 5.75 Å². The summed E-state index contributed by atoms with van der Waals surface area (Å²) in [6.07, 6.45) is 0. The maximum atomic E-state index is 12.0. The van der Waals surface area contributed by atoms with Crippen LogP contribution < -0.4 is 34.7 Å². The summed E-state index contributed by atoms with van der Waals surface area (Å²) in [5, 5.41) is 10.9. The molecule has 0 aliphatic carbocycles. The van der Waals surface area contributed by atoms with Crippen molar-refractivity contribution in [3.63, 3.8) is 0 Å². The van der Waals surface area contributed by atoms with Gasteiger partial charge < -0.3 is 14.8 Å². The van der Waals surface area contributed by atoms with E-state index in [1.165, 1.54) is 12.1 Å². The molecule has 0 radical (unpaired) electrons. The number of carboxylic acid groups (broad SMARTS) is 1. The second kappa shape index (κ2) is 6.44. The average Bonchev–Trinajstić information content (AvgIpc) is 2.81. The van der Waals surface area contributed by atoms with Gasteiger partial charge in [-0.25, -0.2) is 0 Å². The van der Waals surface area contributed by atoms with E-state index in [-0.39, 0.29) is 46.6 Å². The molecule has 1 aliphatic heterocycles. The molecular formula is C11H10NNaO3S. The van der Waals surface area contributed by atoms with Crippen molar-refractivity contribution in [2.45, 2.75) is 0 Å². The average molecular weight is 259 g/mol. The standard InChI is InChI=1S/C11H11NO3S.Na/c13-10(12-5-6-16-7-12)8-3-1-2-4-9(8)11(14)15;/h1-4H,5-7H2,(H,14,15);/q;+1/p-1. The summed E-state index contributed by atoms with van der Waals surface area (Å²) < 4.78 is 0. The second-order valence-electron chi connectivity index (χ2n) is 3.44. The number of aromatic carboxylic acids is 1. The van der Waals surface area contributed by atoms with E-state index >= 15 is 0 Å². The van der Waals surface area contributed by atoms with Crippen LogP contribution in [-0.4, -0.2) is 35.0 Å². The molecule has 1 saturated heterocycles. The molecule has 0 spiro atoms. The third kappa shape index (κ3) is 3.25. The van der Waals surface area contributed by atoms with Gasteiger partial charge in [-0.2, -0.15) is 0 Å². The van der Waals surface area contributed by atoms with Gasteiger partial charge in [0.25, 0.3) is 5.91 Å². The van der Waals surface area contributed by atoms with Gasteiger partial charge in [-0.05, 0) is 6.07 Å². The van der Waals surface area contributed by atoms with Crippen LogP contribution in [0.1, 0.15) is 20.7 Å². The number of rotatable bonds is 2. The van der Waals surface area contributed by atoms with Gasteiger partial charge in [-0.1, -0.05) is 18.2 Å². The Morgan fingerprint density at radius 1 is 1.24 bits per heavy atom. The number of carbonyl (C=O) groups is 2. The van der Waals surface area contributed by atoms with Gasteiger partial charge in [0, 0.05) is 23.4 Å². The van der Waals surface area contributed by atoms with E-state index in [0.29, 0.717) is 12.4 Å². The normalized spacial score (nSPS) is 14.2. The maximum absolute atomic E-state index is 12.0. The smallest absolute Gasteiger partial charge is 0.545 e. The molecular weight excluding hydrogens is 249 g/mol. The first-order valence-electron chi connectivity index (χ1n) is 4.87. The predicted octanol–water partition coefficient (Wildman–Crippen LogP) is -2.80. The van der Waals surface area contributed by atoms with Crippen molar-refractivity contribution in [1.82, 2.24) is 4.90 Å². The molecule has 0 aromatic heterocycles. The molecule has 0 saturated carbocycles. The Morgan fingerprint density at radius 2 is 1.88 bits per heavy atom. The topological polar surface area (TPSA) is 60.4 Å². The summed E-state index contributed by atoms with van der Waals surface area (Å²) in [5.41, 5.74) is 0.175. The number of hydrogen-bond acceptors (Lipinski definition) is 4. The minimum absolute atomic E-state index is 0. The first kappa shape index (κ1) is 14.6. The molecule has 1 aromatic rings. The van der Waals surface area contributed by atoms with Crippen molar-refractivity contribution in [3.8, 4) is 0 Å². The van der Waals surface area contributed by atoms with Gasteiger partial charge in [0.1, 0.15) is 0 Å². The molecule has 2 rings (SSSR count). The molecule has 1 amide bonds. The first-order valence-corrected chi connectivity index (χ1v) is 6.03. The van der Waals surface area contributed by atoms with Crippen LogP contribution in [0.2, 0.25) is 0 Å². The number of thioether (sulfide) groups is 1.